The lowest BCUT2D eigenvalue weighted by Crippen LogP contribution is -2.01. The number of anilines is 1. The van der Waals surface area contributed by atoms with E-state index in [1.54, 1.807) is 34.9 Å². The molecule has 0 bridgehead atoms. The van der Waals surface area contributed by atoms with Crippen molar-refractivity contribution in [1.29, 1.82) is 5.26 Å². The molecular formula is C13H12ClN3O. The summed E-state index contributed by atoms with van der Waals surface area (Å²) in [6.07, 6.45) is 0. The number of hydrogen-bond donors (Lipinski definition) is 1. The van der Waals surface area contributed by atoms with Crippen molar-refractivity contribution in [3.05, 3.63) is 41.0 Å². The van der Waals surface area contributed by atoms with Gasteiger partial charge >= 0.3 is 0 Å². The highest BCUT2D eigenvalue weighted by Gasteiger charge is 2.13. The molecule has 1 aromatic carbocycles. The highest BCUT2D eigenvalue weighted by atomic mass is 35.5. The van der Waals surface area contributed by atoms with Gasteiger partial charge in [-0.05, 0) is 31.2 Å². The van der Waals surface area contributed by atoms with Gasteiger partial charge in [0.15, 0.2) is 0 Å². The van der Waals surface area contributed by atoms with Gasteiger partial charge in [0.1, 0.15) is 17.5 Å². The second kappa shape index (κ2) is 5.03. The smallest absolute Gasteiger partial charge is 0.224 e. The summed E-state index contributed by atoms with van der Waals surface area (Å²) in [5.41, 5.74) is 6.78. The molecule has 18 heavy (non-hydrogen) atoms. The zero-order valence-electron chi connectivity index (χ0n) is 9.85. The quantitative estimate of drug-likeness (QED) is 0.921. The van der Waals surface area contributed by atoms with Gasteiger partial charge in [-0.3, -0.25) is 0 Å². The van der Waals surface area contributed by atoms with Gasteiger partial charge in [0.25, 0.3) is 0 Å². The first-order valence-electron chi connectivity index (χ1n) is 5.48. The maximum Gasteiger partial charge on any atom is 0.224 e. The summed E-state index contributed by atoms with van der Waals surface area (Å²) in [7, 11) is 0. The van der Waals surface area contributed by atoms with Crippen LogP contribution in [0.5, 0.6) is 11.6 Å². The Morgan fingerprint density at radius 2 is 2.06 bits per heavy atom. The maximum atomic E-state index is 8.99. The number of halogens is 1. The molecule has 1 heterocycles. The van der Waals surface area contributed by atoms with Crippen molar-refractivity contribution in [2.75, 3.05) is 5.73 Å². The van der Waals surface area contributed by atoms with Crippen LogP contribution in [0.15, 0.2) is 30.3 Å². The number of nitrogens with two attached hydrogens (primary N) is 1. The Bertz CT molecular complexity index is 596. The van der Waals surface area contributed by atoms with Gasteiger partial charge in [-0.2, -0.15) is 5.26 Å². The molecule has 0 atom stereocenters. The molecule has 0 aliphatic rings. The zero-order valence-corrected chi connectivity index (χ0v) is 10.6. The summed E-state index contributed by atoms with van der Waals surface area (Å²) in [4.78, 5) is 0. The van der Waals surface area contributed by atoms with Crippen LogP contribution in [0.25, 0.3) is 0 Å². The van der Waals surface area contributed by atoms with E-state index in [9.17, 15) is 0 Å². The molecule has 0 saturated heterocycles. The standard InChI is InChI=1S/C13H12ClN3O/c1-2-17-10(8-15)7-12(16)13(17)18-11-5-3-9(14)4-6-11/h3-7H,2,16H2,1H3. The summed E-state index contributed by atoms with van der Waals surface area (Å²) in [5.74, 6) is 1.11. The average Bonchev–Trinajstić information content (AvgIpc) is 2.68. The molecule has 1 aromatic heterocycles. The number of nitriles is 1. The van der Waals surface area contributed by atoms with Crippen molar-refractivity contribution in [3.8, 4) is 17.7 Å². The van der Waals surface area contributed by atoms with E-state index >= 15 is 0 Å². The van der Waals surface area contributed by atoms with Crippen molar-refractivity contribution in [2.24, 2.45) is 0 Å². The Balaban J connectivity index is 2.37. The number of ether oxygens (including phenoxy) is 1. The van der Waals surface area contributed by atoms with E-state index in [1.807, 2.05) is 6.92 Å². The van der Waals surface area contributed by atoms with Gasteiger partial charge in [0, 0.05) is 17.6 Å². The first-order valence-corrected chi connectivity index (χ1v) is 5.86. The lowest BCUT2D eigenvalue weighted by molar-refractivity contribution is 0.434. The lowest BCUT2D eigenvalue weighted by Gasteiger charge is -2.10. The Hall–Kier alpha value is -2.12. The fourth-order valence-corrected chi connectivity index (χ4v) is 1.81. The maximum absolute atomic E-state index is 8.99. The SMILES string of the molecule is CCn1c(C#N)cc(N)c1Oc1ccc(Cl)cc1. The van der Waals surface area contributed by atoms with E-state index in [0.29, 0.717) is 34.6 Å². The van der Waals surface area contributed by atoms with Gasteiger partial charge in [0.05, 0.1) is 5.69 Å². The minimum atomic E-state index is 0.448. The van der Waals surface area contributed by atoms with Crippen molar-refractivity contribution in [2.45, 2.75) is 13.5 Å². The average molecular weight is 262 g/mol. The second-order valence-electron chi connectivity index (χ2n) is 3.70. The first-order chi connectivity index (χ1) is 8.65. The molecule has 2 rings (SSSR count). The summed E-state index contributed by atoms with van der Waals surface area (Å²) in [6, 6.07) is 10.7. The van der Waals surface area contributed by atoms with Crippen LogP contribution in [0, 0.1) is 11.3 Å². The molecule has 0 unspecified atom stereocenters. The normalized spacial score (nSPS) is 10.1. The third-order valence-corrected chi connectivity index (χ3v) is 2.79. The molecule has 0 amide bonds. The van der Waals surface area contributed by atoms with Gasteiger partial charge < -0.3 is 15.0 Å². The predicted molar refractivity (Wildman–Crippen MR) is 70.8 cm³/mol. The van der Waals surface area contributed by atoms with E-state index in [2.05, 4.69) is 6.07 Å². The monoisotopic (exact) mass is 261 g/mol. The van der Waals surface area contributed by atoms with Crippen LogP contribution in [-0.2, 0) is 6.54 Å². The number of nitrogen functional groups attached to an aromatic ring is 1. The van der Waals surface area contributed by atoms with Crippen LogP contribution in [0.4, 0.5) is 5.69 Å². The molecule has 2 aromatic rings. The molecule has 4 nitrogen and oxygen atoms in total. The summed E-state index contributed by atoms with van der Waals surface area (Å²) < 4.78 is 7.42. The van der Waals surface area contributed by atoms with Gasteiger partial charge in [0.2, 0.25) is 5.88 Å². The van der Waals surface area contributed by atoms with Gasteiger partial charge in [-0.25, -0.2) is 0 Å². The van der Waals surface area contributed by atoms with E-state index in [4.69, 9.17) is 27.3 Å². The topological polar surface area (TPSA) is 64.0 Å². The first kappa shape index (κ1) is 12.3. The minimum Gasteiger partial charge on any atom is -0.439 e. The Morgan fingerprint density at radius 1 is 1.39 bits per heavy atom. The van der Waals surface area contributed by atoms with E-state index in [0.717, 1.165) is 0 Å². The highest BCUT2D eigenvalue weighted by molar-refractivity contribution is 6.30. The molecule has 0 aliphatic heterocycles. The summed E-state index contributed by atoms with van der Waals surface area (Å²) in [5, 5.41) is 9.63. The highest BCUT2D eigenvalue weighted by Crippen LogP contribution is 2.31. The molecule has 0 saturated carbocycles. The van der Waals surface area contributed by atoms with E-state index < -0.39 is 0 Å². The van der Waals surface area contributed by atoms with Crippen LogP contribution in [0.2, 0.25) is 5.02 Å². The molecule has 0 aliphatic carbocycles. The molecule has 2 N–H and O–H groups in total. The third kappa shape index (κ3) is 2.27. The molecule has 0 spiro atoms. The third-order valence-electron chi connectivity index (χ3n) is 2.53. The van der Waals surface area contributed by atoms with Crippen molar-refractivity contribution in [3.63, 3.8) is 0 Å². The number of benzene rings is 1. The largest absolute Gasteiger partial charge is 0.439 e. The summed E-state index contributed by atoms with van der Waals surface area (Å²) in [6.45, 7) is 2.54. The van der Waals surface area contributed by atoms with Crippen LogP contribution in [0.1, 0.15) is 12.6 Å². The molecule has 5 heteroatoms. The number of aromatic nitrogens is 1. The van der Waals surface area contributed by atoms with Crippen molar-refractivity contribution < 1.29 is 4.74 Å². The lowest BCUT2D eigenvalue weighted by atomic mass is 10.3. The Labute approximate surface area is 110 Å². The Morgan fingerprint density at radius 3 is 2.61 bits per heavy atom. The zero-order chi connectivity index (χ0) is 13.1. The van der Waals surface area contributed by atoms with Crippen molar-refractivity contribution in [1.82, 2.24) is 4.57 Å². The molecular weight excluding hydrogens is 250 g/mol. The van der Waals surface area contributed by atoms with Crippen LogP contribution < -0.4 is 10.5 Å². The Kier molecular flexibility index (Phi) is 3.45. The number of nitrogens with zero attached hydrogens (tertiary/aromatic N) is 2. The fourth-order valence-electron chi connectivity index (χ4n) is 1.69. The molecule has 0 radical (unpaired) electrons. The van der Waals surface area contributed by atoms with Gasteiger partial charge in [-0.1, -0.05) is 11.6 Å². The fraction of sp³-hybridized carbons (Fsp3) is 0.154. The van der Waals surface area contributed by atoms with E-state index in [1.165, 1.54) is 0 Å². The van der Waals surface area contributed by atoms with Gasteiger partial charge in [-0.15, -0.1) is 0 Å². The van der Waals surface area contributed by atoms with Crippen LogP contribution in [0.3, 0.4) is 0 Å². The van der Waals surface area contributed by atoms with E-state index in [-0.39, 0.29) is 0 Å². The van der Waals surface area contributed by atoms with Crippen LogP contribution in [-0.4, -0.2) is 4.57 Å². The summed E-state index contributed by atoms with van der Waals surface area (Å²) >= 11 is 5.80. The minimum absolute atomic E-state index is 0.448. The molecule has 92 valence electrons. The van der Waals surface area contributed by atoms with Crippen LogP contribution >= 0.6 is 11.6 Å². The van der Waals surface area contributed by atoms with Crippen molar-refractivity contribution >= 4 is 17.3 Å². The number of hydrogen-bond acceptors (Lipinski definition) is 3. The predicted octanol–water partition coefficient (Wildman–Crippen LogP) is 3.41. The number of rotatable bonds is 3. The second-order valence-corrected chi connectivity index (χ2v) is 4.14. The molecule has 0 fully saturated rings.